The molecule has 0 aromatic carbocycles. The van der Waals surface area contributed by atoms with Gasteiger partial charge in [-0.1, -0.05) is 45.4 Å². The second kappa shape index (κ2) is 10.5. The molecule has 1 heterocycles. The van der Waals surface area contributed by atoms with Gasteiger partial charge in [-0.25, -0.2) is 0 Å². The van der Waals surface area contributed by atoms with Gasteiger partial charge in [-0.3, -0.25) is 0 Å². The number of aliphatic hydroxyl groups is 1. The van der Waals surface area contributed by atoms with Crippen molar-refractivity contribution in [3.63, 3.8) is 0 Å². The van der Waals surface area contributed by atoms with Gasteiger partial charge in [0.2, 0.25) is 0 Å². The van der Waals surface area contributed by atoms with E-state index in [4.69, 9.17) is 0 Å². The van der Waals surface area contributed by atoms with Crippen LogP contribution in [-0.2, 0) is 0 Å². The number of nitrogens with one attached hydrogen (secondary N) is 1. The lowest BCUT2D eigenvalue weighted by Crippen LogP contribution is -2.22. The lowest BCUT2D eigenvalue weighted by molar-refractivity contribution is 0.175. The Hall–Kier alpha value is -0.380. The van der Waals surface area contributed by atoms with E-state index in [0.29, 0.717) is 6.54 Å². The average Bonchev–Trinajstić information content (AvgIpc) is 2.90. The SMILES string of the molecule is CCCCCCCCCNCC(O)c1ccsc1. The van der Waals surface area contributed by atoms with Gasteiger partial charge in [-0.05, 0) is 35.4 Å². The van der Waals surface area contributed by atoms with Crippen LogP contribution in [0, 0.1) is 0 Å². The minimum Gasteiger partial charge on any atom is -0.387 e. The summed E-state index contributed by atoms with van der Waals surface area (Å²) in [4.78, 5) is 0. The predicted octanol–water partition coefficient (Wildman–Crippen LogP) is 4.12. The first-order valence-corrected chi connectivity index (χ1v) is 8.19. The number of aliphatic hydroxyl groups excluding tert-OH is 1. The topological polar surface area (TPSA) is 32.3 Å². The second-order valence-corrected chi connectivity index (χ2v) is 5.68. The van der Waals surface area contributed by atoms with Gasteiger partial charge in [0, 0.05) is 6.54 Å². The molecule has 0 fully saturated rings. The molecule has 0 aliphatic rings. The molecule has 0 spiro atoms. The molecule has 1 aromatic rings. The van der Waals surface area contributed by atoms with Crippen molar-refractivity contribution in [2.75, 3.05) is 13.1 Å². The molecule has 0 saturated heterocycles. The predicted molar refractivity (Wildman–Crippen MR) is 80.1 cm³/mol. The van der Waals surface area contributed by atoms with Gasteiger partial charge in [-0.15, -0.1) is 0 Å². The third-order valence-electron chi connectivity index (χ3n) is 3.22. The number of unbranched alkanes of at least 4 members (excludes halogenated alkanes) is 6. The molecule has 18 heavy (non-hydrogen) atoms. The molecule has 1 atom stereocenters. The molecule has 1 unspecified atom stereocenters. The maximum absolute atomic E-state index is 9.85. The molecule has 2 N–H and O–H groups in total. The van der Waals surface area contributed by atoms with E-state index in [2.05, 4.69) is 12.2 Å². The lowest BCUT2D eigenvalue weighted by Gasteiger charge is -2.10. The van der Waals surface area contributed by atoms with Gasteiger partial charge in [0.15, 0.2) is 0 Å². The highest BCUT2D eigenvalue weighted by molar-refractivity contribution is 7.07. The van der Waals surface area contributed by atoms with Crippen LogP contribution in [0.5, 0.6) is 0 Å². The van der Waals surface area contributed by atoms with Crippen molar-refractivity contribution in [3.05, 3.63) is 22.4 Å². The van der Waals surface area contributed by atoms with Crippen molar-refractivity contribution in [2.24, 2.45) is 0 Å². The highest BCUT2D eigenvalue weighted by Crippen LogP contribution is 2.15. The second-order valence-electron chi connectivity index (χ2n) is 4.90. The lowest BCUT2D eigenvalue weighted by atomic mass is 10.1. The quantitative estimate of drug-likeness (QED) is 0.592. The summed E-state index contributed by atoms with van der Waals surface area (Å²) in [5.74, 6) is 0. The van der Waals surface area contributed by atoms with Crippen molar-refractivity contribution in [1.82, 2.24) is 5.32 Å². The van der Waals surface area contributed by atoms with Crippen LogP contribution in [0.3, 0.4) is 0 Å². The van der Waals surface area contributed by atoms with Gasteiger partial charge in [0.25, 0.3) is 0 Å². The van der Waals surface area contributed by atoms with Gasteiger partial charge < -0.3 is 10.4 Å². The number of hydrogen-bond acceptors (Lipinski definition) is 3. The van der Waals surface area contributed by atoms with E-state index in [9.17, 15) is 5.11 Å². The van der Waals surface area contributed by atoms with Crippen molar-refractivity contribution >= 4 is 11.3 Å². The third-order valence-corrected chi connectivity index (χ3v) is 3.92. The Bertz CT molecular complexity index is 274. The summed E-state index contributed by atoms with van der Waals surface area (Å²) >= 11 is 1.64. The molecule has 0 aliphatic heterocycles. The van der Waals surface area contributed by atoms with Gasteiger partial charge in [0.05, 0.1) is 6.10 Å². The van der Waals surface area contributed by atoms with Gasteiger partial charge >= 0.3 is 0 Å². The van der Waals surface area contributed by atoms with E-state index in [1.165, 1.54) is 44.9 Å². The summed E-state index contributed by atoms with van der Waals surface area (Å²) < 4.78 is 0. The molecule has 3 heteroatoms. The minimum absolute atomic E-state index is 0.346. The molecule has 1 rings (SSSR count). The van der Waals surface area contributed by atoms with Crippen LogP contribution in [0.25, 0.3) is 0 Å². The standard InChI is InChI=1S/C15H27NOS/c1-2-3-4-5-6-7-8-10-16-12-15(17)14-9-11-18-13-14/h9,11,13,15-17H,2-8,10,12H2,1H3. The van der Waals surface area contributed by atoms with E-state index >= 15 is 0 Å². The first kappa shape index (κ1) is 15.7. The maximum atomic E-state index is 9.85. The molecule has 0 radical (unpaired) electrons. The molecule has 0 saturated carbocycles. The first-order chi connectivity index (χ1) is 8.84. The Morgan fingerprint density at radius 2 is 1.89 bits per heavy atom. The fraction of sp³-hybridized carbons (Fsp3) is 0.733. The third kappa shape index (κ3) is 7.14. The van der Waals surface area contributed by atoms with Gasteiger partial charge in [0.1, 0.15) is 0 Å². The van der Waals surface area contributed by atoms with Crippen LogP contribution >= 0.6 is 11.3 Å². The summed E-state index contributed by atoms with van der Waals surface area (Å²) in [6, 6.07) is 1.99. The number of thiophene rings is 1. The molecule has 2 nitrogen and oxygen atoms in total. The summed E-state index contributed by atoms with van der Waals surface area (Å²) in [5.41, 5.74) is 1.03. The minimum atomic E-state index is -0.346. The molecular formula is C15H27NOS. The van der Waals surface area contributed by atoms with E-state index in [1.54, 1.807) is 11.3 Å². The van der Waals surface area contributed by atoms with E-state index in [-0.39, 0.29) is 6.10 Å². The molecule has 0 aliphatic carbocycles. The Balaban J connectivity index is 1.87. The smallest absolute Gasteiger partial charge is 0.0922 e. The molecule has 0 amide bonds. The highest BCUT2D eigenvalue weighted by Gasteiger charge is 2.06. The Labute approximate surface area is 115 Å². The maximum Gasteiger partial charge on any atom is 0.0922 e. The van der Waals surface area contributed by atoms with E-state index < -0.39 is 0 Å². The normalized spacial score (nSPS) is 12.8. The largest absolute Gasteiger partial charge is 0.387 e. The van der Waals surface area contributed by atoms with Crippen molar-refractivity contribution in [2.45, 2.75) is 58.0 Å². The Morgan fingerprint density at radius 1 is 1.17 bits per heavy atom. The summed E-state index contributed by atoms with van der Waals surface area (Å²) in [5, 5.41) is 17.2. The Kier molecular flexibility index (Phi) is 9.17. The average molecular weight is 269 g/mol. The highest BCUT2D eigenvalue weighted by atomic mass is 32.1. The molecule has 0 bridgehead atoms. The fourth-order valence-electron chi connectivity index (χ4n) is 2.03. The zero-order valence-electron chi connectivity index (χ0n) is 11.5. The van der Waals surface area contributed by atoms with Crippen LogP contribution < -0.4 is 5.32 Å². The Morgan fingerprint density at radius 3 is 2.56 bits per heavy atom. The summed E-state index contributed by atoms with van der Waals surface area (Å²) in [7, 11) is 0. The van der Waals surface area contributed by atoms with Crippen molar-refractivity contribution in [1.29, 1.82) is 0 Å². The molecule has 1 aromatic heterocycles. The molecule has 104 valence electrons. The van der Waals surface area contributed by atoms with Gasteiger partial charge in [-0.2, -0.15) is 11.3 Å². The first-order valence-electron chi connectivity index (χ1n) is 7.25. The summed E-state index contributed by atoms with van der Waals surface area (Å²) in [6.07, 6.45) is 9.02. The fourth-order valence-corrected chi connectivity index (χ4v) is 2.74. The molecular weight excluding hydrogens is 242 g/mol. The van der Waals surface area contributed by atoms with Crippen molar-refractivity contribution in [3.8, 4) is 0 Å². The van der Waals surface area contributed by atoms with Crippen molar-refractivity contribution < 1.29 is 5.11 Å². The monoisotopic (exact) mass is 269 g/mol. The van der Waals surface area contributed by atoms with E-state index in [0.717, 1.165) is 12.1 Å². The number of hydrogen-bond donors (Lipinski definition) is 2. The van der Waals surface area contributed by atoms with Crippen LogP contribution in [0.4, 0.5) is 0 Å². The zero-order chi connectivity index (χ0) is 13.1. The van der Waals surface area contributed by atoms with E-state index in [1.807, 2.05) is 16.8 Å². The summed E-state index contributed by atoms with van der Waals surface area (Å²) in [6.45, 7) is 3.95. The van der Waals surface area contributed by atoms with Crippen LogP contribution in [0.1, 0.15) is 63.5 Å². The number of rotatable bonds is 11. The van der Waals surface area contributed by atoms with Crippen LogP contribution in [0.2, 0.25) is 0 Å². The van der Waals surface area contributed by atoms with Crippen LogP contribution in [0.15, 0.2) is 16.8 Å². The zero-order valence-corrected chi connectivity index (χ0v) is 12.3. The van der Waals surface area contributed by atoms with Crippen LogP contribution in [-0.4, -0.2) is 18.2 Å².